The van der Waals surface area contributed by atoms with E-state index in [1.165, 1.54) is 6.92 Å². The Balaban J connectivity index is 3.23. The van der Waals surface area contributed by atoms with Gasteiger partial charge in [-0.05, 0) is 6.92 Å². The third kappa shape index (κ3) is 3.52. The van der Waals surface area contributed by atoms with Gasteiger partial charge in [-0.1, -0.05) is 0 Å². The van der Waals surface area contributed by atoms with Crippen LogP contribution >= 0.6 is 0 Å². The lowest BCUT2D eigenvalue weighted by Crippen LogP contribution is -2.19. The fourth-order valence-electron chi connectivity index (χ4n) is 1.20. The molecule has 96 valence electrons. The van der Waals surface area contributed by atoms with Gasteiger partial charge in [-0.3, -0.25) is 0 Å². The zero-order chi connectivity index (χ0) is 13.2. The van der Waals surface area contributed by atoms with E-state index < -0.39 is 24.2 Å². The molecule has 0 amide bonds. The van der Waals surface area contributed by atoms with Crippen LogP contribution in [0.25, 0.3) is 0 Å². The molecule has 1 heterocycles. The summed E-state index contributed by atoms with van der Waals surface area (Å²) >= 11 is 0. The van der Waals surface area contributed by atoms with Crippen molar-refractivity contribution < 1.29 is 26.7 Å². The zero-order valence-corrected chi connectivity index (χ0v) is 8.68. The van der Waals surface area contributed by atoms with Crippen LogP contribution in [0.15, 0.2) is 6.07 Å². The van der Waals surface area contributed by atoms with Crippen molar-refractivity contribution in [1.29, 1.82) is 0 Å². The van der Waals surface area contributed by atoms with Gasteiger partial charge in [0.1, 0.15) is 11.4 Å². The van der Waals surface area contributed by atoms with Crippen LogP contribution < -0.4 is 10.5 Å². The van der Waals surface area contributed by atoms with Crippen molar-refractivity contribution in [2.75, 3.05) is 0 Å². The number of hydrogen-bond donors (Lipinski definition) is 1. The maximum Gasteiger partial charge on any atom is 0.573 e. The fourth-order valence-corrected chi connectivity index (χ4v) is 1.20. The quantitative estimate of drug-likeness (QED) is 0.846. The smallest absolute Gasteiger partial charge is 0.405 e. The van der Waals surface area contributed by atoms with Gasteiger partial charge in [0, 0.05) is 18.2 Å². The van der Waals surface area contributed by atoms with Gasteiger partial charge in [0.05, 0.1) is 5.69 Å². The summed E-state index contributed by atoms with van der Waals surface area (Å²) in [6.45, 7) is 1.02. The van der Waals surface area contributed by atoms with Crippen molar-refractivity contribution in [3.05, 3.63) is 23.0 Å². The lowest BCUT2D eigenvalue weighted by atomic mass is 10.1. The molecule has 8 heteroatoms. The van der Waals surface area contributed by atoms with Crippen molar-refractivity contribution in [1.82, 2.24) is 4.98 Å². The van der Waals surface area contributed by atoms with E-state index >= 15 is 0 Å². The van der Waals surface area contributed by atoms with Gasteiger partial charge >= 0.3 is 6.36 Å². The first-order chi connectivity index (χ1) is 7.74. The monoisotopic (exact) mass is 256 g/mol. The van der Waals surface area contributed by atoms with Crippen LogP contribution in [0, 0.1) is 6.92 Å². The van der Waals surface area contributed by atoms with Crippen molar-refractivity contribution in [3.8, 4) is 5.75 Å². The molecule has 0 aliphatic heterocycles. The van der Waals surface area contributed by atoms with Crippen LogP contribution in [-0.2, 0) is 6.54 Å². The lowest BCUT2D eigenvalue weighted by Gasteiger charge is -2.14. The number of nitrogens with zero attached hydrogens (tertiary/aromatic N) is 1. The summed E-state index contributed by atoms with van der Waals surface area (Å²) < 4.78 is 64.5. The average molecular weight is 256 g/mol. The Hall–Kier alpha value is -1.44. The minimum absolute atomic E-state index is 0.00535. The van der Waals surface area contributed by atoms with Crippen molar-refractivity contribution in [2.24, 2.45) is 5.73 Å². The highest BCUT2D eigenvalue weighted by atomic mass is 19.4. The molecule has 0 radical (unpaired) electrons. The molecular weight excluding hydrogens is 247 g/mol. The second-order valence-corrected chi connectivity index (χ2v) is 3.17. The standard InChI is InChI=1S/C9H9F5N2O/c1-4-6(3-15)16-5(8(10)11)2-7(4)17-9(12,13)14/h2,8H,3,15H2,1H3. The first kappa shape index (κ1) is 13.6. The minimum atomic E-state index is -4.95. The van der Waals surface area contributed by atoms with Crippen LogP contribution in [0.3, 0.4) is 0 Å². The van der Waals surface area contributed by atoms with Crippen LogP contribution in [0.1, 0.15) is 23.4 Å². The molecule has 0 saturated carbocycles. The second-order valence-electron chi connectivity index (χ2n) is 3.17. The molecule has 0 aliphatic rings. The molecule has 1 aromatic heterocycles. The molecule has 0 saturated heterocycles. The van der Waals surface area contributed by atoms with Gasteiger partial charge in [0.25, 0.3) is 6.43 Å². The van der Waals surface area contributed by atoms with Crippen molar-refractivity contribution in [3.63, 3.8) is 0 Å². The van der Waals surface area contributed by atoms with E-state index in [9.17, 15) is 22.0 Å². The summed E-state index contributed by atoms with van der Waals surface area (Å²) in [7, 11) is 0. The molecule has 0 aliphatic carbocycles. The van der Waals surface area contributed by atoms with Crippen LogP contribution in [-0.4, -0.2) is 11.3 Å². The van der Waals surface area contributed by atoms with Crippen LogP contribution in [0.2, 0.25) is 0 Å². The number of ether oxygens (including phenoxy) is 1. The SMILES string of the molecule is Cc1c(OC(F)(F)F)cc(C(F)F)nc1CN. The minimum Gasteiger partial charge on any atom is -0.405 e. The van der Waals surface area contributed by atoms with E-state index in [0.717, 1.165) is 0 Å². The molecule has 3 nitrogen and oxygen atoms in total. The predicted octanol–water partition coefficient (Wildman–Crippen LogP) is 2.68. The van der Waals surface area contributed by atoms with E-state index in [4.69, 9.17) is 5.73 Å². The van der Waals surface area contributed by atoms with E-state index in [1.54, 1.807) is 0 Å². The van der Waals surface area contributed by atoms with E-state index in [0.29, 0.717) is 6.07 Å². The topological polar surface area (TPSA) is 48.1 Å². The Bertz CT molecular complexity index is 405. The number of rotatable bonds is 3. The fraction of sp³-hybridized carbons (Fsp3) is 0.444. The molecule has 0 unspecified atom stereocenters. The second kappa shape index (κ2) is 4.82. The van der Waals surface area contributed by atoms with E-state index in [1.807, 2.05) is 0 Å². The number of pyridine rings is 1. The van der Waals surface area contributed by atoms with Gasteiger partial charge in [0.2, 0.25) is 0 Å². The first-order valence-corrected chi connectivity index (χ1v) is 4.49. The normalized spacial score (nSPS) is 12.0. The number of aromatic nitrogens is 1. The van der Waals surface area contributed by atoms with Crippen LogP contribution in [0.4, 0.5) is 22.0 Å². The lowest BCUT2D eigenvalue weighted by molar-refractivity contribution is -0.274. The zero-order valence-electron chi connectivity index (χ0n) is 8.68. The molecule has 1 rings (SSSR count). The molecule has 0 spiro atoms. The van der Waals surface area contributed by atoms with E-state index in [2.05, 4.69) is 9.72 Å². The van der Waals surface area contributed by atoms with Crippen molar-refractivity contribution in [2.45, 2.75) is 26.3 Å². The third-order valence-corrected chi connectivity index (χ3v) is 1.99. The molecule has 0 fully saturated rings. The number of alkyl halides is 5. The van der Waals surface area contributed by atoms with Gasteiger partial charge < -0.3 is 10.5 Å². The number of halogens is 5. The summed E-state index contributed by atoms with van der Waals surface area (Å²) in [5, 5.41) is 0. The Morgan fingerprint density at radius 2 is 2.00 bits per heavy atom. The van der Waals surface area contributed by atoms with Gasteiger partial charge in [-0.2, -0.15) is 0 Å². The number of nitrogens with two attached hydrogens (primary N) is 1. The maximum absolute atomic E-state index is 12.4. The number of hydrogen-bond acceptors (Lipinski definition) is 3. The van der Waals surface area contributed by atoms with E-state index in [-0.39, 0.29) is 17.8 Å². The Kier molecular flexibility index (Phi) is 3.87. The molecular formula is C9H9F5N2O. The Morgan fingerprint density at radius 3 is 2.41 bits per heavy atom. The summed E-state index contributed by atoms with van der Waals surface area (Å²) in [5.41, 5.74) is 4.35. The highest BCUT2D eigenvalue weighted by molar-refractivity contribution is 5.37. The summed E-state index contributed by atoms with van der Waals surface area (Å²) in [6.07, 6.45) is -7.94. The third-order valence-electron chi connectivity index (χ3n) is 1.99. The summed E-state index contributed by atoms with van der Waals surface area (Å²) in [6, 6.07) is 0.562. The highest BCUT2D eigenvalue weighted by Gasteiger charge is 2.32. The average Bonchev–Trinajstić information content (AvgIpc) is 2.18. The Labute approximate surface area is 93.4 Å². The summed E-state index contributed by atoms with van der Waals surface area (Å²) in [5.74, 6) is -0.705. The Morgan fingerprint density at radius 1 is 1.41 bits per heavy atom. The maximum atomic E-state index is 12.4. The van der Waals surface area contributed by atoms with Gasteiger partial charge in [-0.25, -0.2) is 13.8 Å². The first-order valence-electron chi connectivity index (χ1n) is 4.49. The molecule has 0 aromatic carbocycles. The van der Waals surface area contributed by atoms with Gasteiger partial charge in [0.15, 0.2) is 0 Å². The molecule has 2 N–H and O–H groups in total. The largest absolute Gasteiger partial charge is 0.573 e. The molecule has 0 atom stereocenters. The van der Waals surface area contributed by atoms with Gasteiger partial charge in [-0.15, -0.1) is 13.2 Å². The molecule has 0 bridgehead atoms. The molecule has 1 aromatic rings. The summed E-state index contributed by atoms with van der Waals surface area (Å²) in [4.78, 5) is 3.46. The van der Waals surface area contributed by atoms with Crippen LogP contribution in [0.5, 0.6) is 5.75 Å². The molecule has 17 heavy (non-hydrogen) atoms. The predicted molar refractivity (Wildman–Crippen MR) is 48.5 cm³/mol. The van der Waals surface area contributed by atoms with Crippen molar-refractivity contribution >= 4 is 0 Å². The highest BCUT2D eigenvalue weighted by Crippen LogP contribution is 2.30.